The molecule has 1 aliphatic carbocycles. The SMILES string of the molecule is CCN1CC(C2CCN(Cc3ccccc3)CC2)OC2(CC2)C1=O. The first kappa shape index (κ1) is 16.1. The van der Waals surface area contributed by atoms with E-state index in [0.29, 0.717) is 5.92 Å². The summed E-state index contributed by atoms with van der Waals surface area (Å²) in [5.41, 5.74) is 0.963. The summed E-state index contributed by atoms with van der Waals surface area (Å²) < 4.78 is 6.31. The van der Waals surface area contributed by atoms with Crippen LogP contribution >= 0.6 is 0 Å². The first-order valence-electron chi connectivity index (χ1n) is 9.44. The van der Waals surface area contributed by atoms with Gasteiger partial charge in [-0.1, -0.05) is 30.3 Å². The Kier molecular flexibility index (Phi) is 4.35. The predicted octanol–water partition coefficient (Wildman–Crippen LogP) is 2.68. The van der Waals surface area contributed by atoms with Gasteiger partial charge in [0.2, 0.25) is 0 Å². The summed E-state index contributed by atoms with van der Waals surface area (Å²) in [6.45, 7) is 6.99. The van der Waals surface area contributed by atoms with Crippen molar-refractivity contribution in [2.45, 2.75) is 50.9 Å². The van der Waals surface area contributed by atoms with Crippen LogP contribution in [0.4, 0.5) is 0 Å². The topological polar surface area (TPSA) is 32.8 Å². The lowest BCUT2D eigenvalue weighted by Crippen LogP contribution is -2.56. The summed E-state index contributed by atoms with van der Waals surface area (Å²) in [7, 11) is 0. The normalized spacial score (nSPS) is 27.6. The van der Waals surface area contributed by atoms with Gasteiger partial charge in [-0.15, -0.1) is 0 Å². The number of rotatable bonds is 4. The zero-order chi connectivity index (χ0) is 16.6. The molecule has 1 atom stereocenters. The Morgan fingerprint density at radius 1 is 1.17 bits per heavy atom. The van der Waals surface area contributed by atoms with E-state index in [-0.39, 0.29) is 12.0 Å². The molecule has 1 aromatic rings. The van der Waals surface area contributed by atoms with E-state index in [9.17, 15) is 4.79 Å². The zero-order valence-electron chi connectivity index (χ0n) is 14.6. The molecular formula is C20H28N2O2. The lowest BCUT2D eigenvalue weighted by Gasteiger charge is -2.43. The fraction of sp³-hybridized carbons (Fsp3) is 0.650. The van der Waals surface area contributed by atoms with Crippen LogP contribution < -0.4 is 0 Å². The Morgan fingerprint density at radius 2 is 1.88 bits per heavy atom. The molecule has 1 aromatic carbocycles. The minimum atomic E-state index is -0.430. The van der Waals surface area contributed by atoms with Gasteiger partial charge in [-0.05, 0) is 57.2 Å². The maximum atomic E-state index is 12.4. The Hall–Kier alpha value is -1.39. The smallest absolute Gasteiger partial charge is 0.254 e. The molecule has 130 valence electrons. The Balaban J connectivity index is 1.33. The number of benzene rings is 1. The Morgan fingerprint density at radius 3 is 2.50 bits per heavy atom. The first-order valence-corrected chi connectivity index (χ1v) is 9.44. The van der Waals surface area contributed by atoms with Crippen LogP contribution in [0.3, 0.4) is 0 Å². The lowest BCUT2D eigenvalue weighted by atomic mass is 9.89. The molecule has 0 radical (unpaired) electrons. The fourth-order valence-corrected chi connectivity index (χ4v) is 4.25. The third-order valence-corrected chi connectivity index (χ3v) is 5.95. The number of nitrogens with zero attached hydrogens (tertiary/aromatic N) is 2. The largest absolute Gasteiger partial charge is 0.360 e. The highest BCUT2D eigenvalue weighted by atomic mass is 16.5. The van der Waals surface area contributed by atoms with Crippen molar-refractivity contribution in [3.05, 3.63) is 35.9 Å². The fourth-order valence-electron chi connectivity index (χ4n) is 4.25. The number of hydrogen-bond acceptors (Lipinski definition) is 3. The van der Waals surface area contributed by atoms with E-state index in [0.717, 1.165) is 45.6 Å². The van der Waals surface area contributed by atoms with Crippen LogP contribution in [0.5, 0.6) is 0 Å². The number of hydrogen-bond donors (Lipinski definition) is 0. The van der Waals surface area contributed by atoms with Gasteiger partial charge < -0.3 is 9.64 Å². The molecule has 0 aromatic heterocycles. The average Bonchev–Trinajstić information content (AvgIpc) is 3.39. The van der Waals surface area contributed by atoms with Crippen molar-refractivity contribution < 1.29 is 9.53 Å². The van der Waals surface area contributed by atoms with Crippen molar-refractivity contribution in [3.8, 4) is 0 Å². The number of likely N-dealkylation sites (tertiary alicyclic amines) is 1. The van der Waals surface area contributed by atoms with Crippen molar-refractivity contribution in [1.82, 2.24) is 9.80 Å². The summed E-state index contributed by atoms with van der Waals surface area (Å²) in [4.78, 5) is 17.0. The number of amides is 1. The molecule has 3 fully saturated rings. The van der Waals surface area contributed by atoms with Gasteiger partial charge in [-0.2, -0.15) is 0 Å². The van der Waals surface area contributed by atoms with Crippen LogP contribution in [0.2, 0.25) is 0 Å². The van der Waals surface area contributed by atoms with Crippen LogP contribution in [-0.2, 0) is 16.1 Å². The van der Waals surface area contributed by atoms with Gasteiger partial charge in [0.15, 0.2) is 0 Å². The van der Waals surface area contributed by atoms with E-state index in [4.69, 9.17) is 4.74 Å². The van der Waals surface area contributed by atoms with Crippen molar-refractivity contribution in [2.75, 3.05) is 26.2 Å². The first-order chi connectivity index (χ1) is 11.7. The molecule has 0 N–H and O–H groups in total. The molecule has 4 heteroatoms. The number of ether oxygens (including phenoxy) is 1. The van der Waals surface area contributed by atoms with E-state index < -0.39 is 5.60 Å². The highest BCUT2D eigenvalue weighted by Gasteiger charge is 2.58. The molecule has 0 bridgehead atoms. The standard InChI is InChI=1S/C20H28N2O2/c1-2-22-15-18(24-20(10-11-20)19(22)23)17-8-12-21(13-9-17)14-16-6-4-3-5-7-16/h3-7,17-18H,2,8-15H2,1H3. The number of carbonyl (C=O) groups is 1. The molecule has 4 rings (SSSR count). The van der Waals surface area contributed by atoms with E-state index in [1.807, 2.05) is 4.90 Å². The molecule has 1 amide bonds. The number of morpholine rings is 1. The molecule has 4 nitrogen and oxygen atoms in total. The van der Waals surface area contributed by atoms with Gasteiger partial charge in [0.1, 0.15) is 5.60 Å². The molecule has 1 spiro atoms. The number of likely N-dealkylation sites (N-methyl/N-ethyl adjacent to an activating group) is 1. The van der Waals surface area contributed by atoms with Crippen molar-refractivity contribution in [2.24, 2.45) is 5.92 Å². The summed E-state index contributed by atoms with van der Waals surface area (Å²) in [5.74, 6) is 0.833. The van der Waals surface area contributed by atoms with Crippen LogP contribution in [0, 0.1) is 5.92 Å². The van der Waals surface area contributed by atoms with E-state index in [2.05, 4.69) is 42.2 Å². The lowest BCUT2D eigenvalue weighted by molar-refractivity contribution is -0.174. The highest BCUT2D eigenvalue weighted by Crippen LogP contribution is 2.46. The van der Waals surface area contributed by atoms with Crippen LogP contribution in [-0.4, -0.2) is 53.6 Å². The van der Waals surface area contributed by atoms with Gasteiger partial charge in [0.05, 0.1) is 6.10 Å². The van der Waals surface area contributed by atoms with Crippen LogP contribution in [0.15, 0.2) is 30.3 Å². The van der Waals surface area contributed by atoms with Gasteiger partial charge in [0, 0.05) is 19.6 Å². The van der Waals surface area contributed by atoms with Gasteiger partial charge >= 0.3 is 0 Å². The summed E-state index contributed by atoms with van der Waals surface area (Å²) in [6.07, 6.45) is 4.44. The van der Waals surface area contributed by atoms with Gasteiger partial charge in [0.25, 0.3) is 5.91 Å². The van der Waals surface area contributed by atoms with E-state index in [1.165, 1.54) is 18.4 Å². The van der Waals surface area contributed by atoms with Crippen molar-refractivity contribution in [3.63, 3.8) is 0 Å². The summed E-state index contributed by atoms with van der Waals surface area (Å²) >= 11 is 0. The second-order valence-corrected chi connectivity index (χ2v) is 7.59. The second-order valence-electron chi connectivity index (χ2n) is 7.59. The average molecular weight is 328 g/mol. The Bertz CT molecular complexity index is 577. The predicted molar refractivity (Wildman–Crippen MR) is 93.5 cm³/mol. The third kappa shape index (κ3) is 3.09. The minimum Gasteiger partial charge on any atom is -0.360 e. The van der Waals surface area contributed by atoms with Crippen LogP contribution in [0.25, 0.3) is 0 Å². The molecule has 1 unspecified atom stereocenters. The summed E-state index contributed by atoms with van der Waals surface area (Å²) in [5, 5.41) is 0. The second kappa shape index (κ2) is 6.49. The zero-order valence-corrected chi connectivity index (χ0v) is 14.6. The van der Waals surface area contributed by atoms with E-state index in [1.54, 1.807) is 0 Å². The van der Waals surface area contributed by atoms with E-state index >= 15 is 0 Å². The molecule has 2 aliphatic heterocycles. The number of carbonyl (C=O) groups excluding carboxylic acids is 1. The molecular weight excluding hydrogens is 300 g/mol. The maximum absolute atomic E-state index is 12.4. The number of piperidine rings is 1. The minimum absolute atomic E-state index is 0.239. The molecule has 2 heterocycles. The highest BCUT2D eigenvalue weighted by molar-refractivity contribution is 5.88. The van der Waals surface area contributed by atoms with Gasteiger partial charge in [-0.25, -0.2) is 0 Å². The molecule has 24 heavy (non-hydrogen) atoms. The van der Waals surface area contributed by atoms with Crippen molar-refractivity contribution in [1.29, 1.82) is 0 Å². The van der Waals surface area contributed by atoms with Gasteiger partial charge in [-0.3, -0.25) is 9.69 Å². The maximum Gasteiger partial charge on any atom is 0.254 e. The Labute approximate surface area is 144 Å². The van der Waals surface area contributed by atoms with Crippen molar-refractivity contribution >= 4 is 5.91 Å². The monoisotopic (exact) mass is 328 g/mol. The van der Waals surface area contributed by atoms with Crippen LogP contribution in [0.1, 0.15) is 38.2 Å². The molecule has 2 saturated heterocycles. The molecule has 1 saturated carbocycles. The quantitative estimate of drug-likeness (QED) is 0.852. The summed E-state index contributed by atoms with van der Waals surface area (Å²) in [6, 6.07) is 10.7. The third-order valence-electron chi connectivity index (χ3n) is 5.95. The molecule has 3 aliphatic rings.